The Morgan fingerprint density at radius 2 is 1.68 bits per heavy atom. The SMILES string of the molecule is CC(=O)NCC(=Cc1c(Cl)cc(N)cc1Cl)B1OC(C)(C)C(C)(C)O1. The van der Waals surface area contributed by atoms with E-state index in [9.17, 15) is 4.79 Å². The van der Waals surface area contributed by atoms with Crippen LogP contribution in [0.2, 0.25) is 10.0 Å². The van der Waals surface area contributed by atoms with Gasteiger partial charge in [0.1, 0.15) is 0 Å². The predicted octanol–water partition coefficient (Wildman–Crippen LogP) is 3.73. The summed E-state index contributed by atoms with van der Waals surface area (Å²) in [4.78, 5) is 11.4. The summed E-state index contributed by atoms with van der Waals surface area (Å²) in [7, 11) is -0.624. The molecule has 3 N–H and O–H groups in total. The summed E-state index contributed by atoms with van der Waals surface area (Å²) >= 11 is 12.6. The van der Waals surface area contributed by atoms with E-state index in [2.05, 4.69) is 5.32 Å². The minimum Gasteiger partial charge on any atom is -0.400 e. The van der Waals surface area contributed by atoms with Crippen LogP contribution in [0.1, 0.15) is 40.2 Å². The molecule has 1 aliphatic heterocycles. The minimum absolute atomic E-state index is 0.156. The van der Waals surface area contributed by atoms with Gasteiger partial charge in [0.2, 0.25) is 5.91 Å². The number of nitrogen functional groups attached to an aromatic ring is 1. The average molecular weight is 385 g/mol. The first-order valence-electron chi connectivity index (χ1n) is 7.98. The van der Waals surface area contributed by atoms with Crippen molar-refractivity contribution in [2.45, 2.75) is 45.8 Å². The van der Waals surface area contributed by atoms with Crippen LogP contribution in [0.4, 0.5) is 5.69 Å². The van der Waals surface area contributed by atoms with E-state index in [1.165, 1.54) is 6.92 Å². The molecule has 0 aliphatic carbocycles. The van der Waals surface area contributed by atoms with Gasteiger partial charge in [-0.1, -0.05) is 29.3 Å². The topological polar surface area (TPSA) is 73.6 Å². The number of nitrogens with one attached hydrogen (secondary N) is 1. The molecule has 0 spiro atoms. The van der Waals surface area contributed by atoms with Crippen LogP contribution < -0.4 is 11.1 Å². The summed E-state index contributed by atoms with van der Waals surface area (Å²) in [6.45, 7) is 9.56. The molecular weight excluding hydrogens is 362 g/mol. The lowest BCUT2D eigenvalue weighted by molar-refractivity contribution is -0.118. The van der Waals surface area contributed by atoms with Crippen molar-refractivity contribution < 1.29 is 14.1 Å². The summed E-state index contributed by atoms with van der Waals surface area (Å²) in [6, 6.07) is 3.25. The third kappa shape index (κ3) is 4.50. The van der Waals surface area contributed by atoms with E-state index in [-0.39, 0.29) is 12.5 Å². The highest BCUT2D eigenvalue weighted by molar-refractivity contribution is 6.56. The number of benzene rings is 1. The number of amides is 1. The van der Waals surface area contributed by atoms with Crippen molar-refractivity contribution in [3.63, 3.8) is 0 Å². The number of rotatable bonds is 4. The highest BCUT2D eigenvalue weighted by atomic mass is 35.5. The maximum absolute atomic E-state index is 11.4. The van der Waals surface area contributed by atoms with Crippen LogP contribution in [-0.4, -0.2) is 30.8 Å². The lowest BCUT2D eigenvalue weighted by Gasteiger charge is -2.32. The van der Waals surface area contributed by atoms with E-state index in [1.54, 1.807) is 18.2 Å². The largest absolute Gasteiger partial charge is 0.492 e. The van der Waals surface area contributed by atoms with Gasteiger partial charge in [-0.2, -0.15) is 0 Å². The molecule has 0 saturated carbocycles. The number of halogens is 2. The first-order chi connectivity index (χ1) is 11.4. The van der Waals surface area contributed by atoms with E-state index in [0.717, 1.165) is 0 Å². The standard InChI is InChI=1S/C17H23BCl2N2O3/c1-10(23)22-9-11(18-24-16(2,3)17(4,5)25-18)6-13-14(19)7-12(21)8-15(13)20/h6-8H,9,21H2,1-5H3,(H,22,23). The lowest BCUT2D eigenvalue weighted by Crippen LogP contribution is -2.41. The molecule has 136 valence electrons. The predicted molar refractivity (Wildman–Crippen MR) is 104 cm³/mol. The van der Waals surface area contributed by atoms with Gasteiger partial charge < -0.3 is 20.4 Å². The number of carbonyl (C=O) groups is 1. The van der Waals surface area contributed by atoms with Crippen LogP contribution in [0.15, 0.2) is 17.6 Å². The summed E-state index contributed by atoms with van der Waals surface area (Å²) in [5, 5.41) is 3.61. The Labute approximate surface area is 159 Å². The number of hydrogen-bond acceptors (Lipinski definition) is 4. The Balaban J connectivity index is 2.42. The molecule has 1 aromatic carbocycles. The zero-order valence-electron chi connectivity index (χ0n) is 15.1. The summed E-state index contributed by atoms with van der Waals surface area (Å²) in [5.41, 5.74) is 6.55. The third-order valence-electron chi connectivity index (χ3n) is 4.53. The van der Waals surface area contributed by atoms with Crippen LogP contribution >= 0.6 is 23.2 Å². The van der Waals surface area contributed by atoms with Gasteiger partial charge in [-0.3, -0.25) is 4.79 Å². The number of anilines is 1. The van der Waals surface area contributed by atoms with Crippen molar-refractivity contribution in [1.29, 1.82) is 0 Å². The molecule has 1 amide bonds. The van der Waals surface area contributed by atoms with Gasteiger partial charge in [-0.25, -0.2) is 0 Å². The molecule has 1 aromatic rings. The smallest absolute Gasteiger partial charge is 0.400 e. The second-order valence-corrected chi connectivity index (χ2v) is 7.93. The highest BCUT2D eigenvalue weighted by Crippen LogP contribution is 2.39. The first-order valence-corrected chi connectivity index (χ1v) is 8.73. The van der Waals surface area contributed by atoms with Crippen LogP contribution in [0, 0.1) is 0 Å². The third-order valence-corrected chi connectivity index (χ3v) is 5.15. The van der Waals surface area contributed by atoms with Crippen LogP contribution in [0.25, 0.3) is 6.08 Å². The van der Waals surface area contributed by atoms with E-state index in [1.807, 2.05) is 27.7 Å². The van der Waals surface area contributed by atoms with E-state index in [4.69, 9.17) is 38.2 Å². The van der Waals surface area contributed by atoms with Gasteiger partial charge >= 0.3 is 7.12 Å². The molecule has 1 saturated heterocycles. The average Bonchev–Trinajstić information content (AvgIpc) is 2.65. The van der Waals surface area contributed by atoms with Gasteiger partial charge in [-0.05, 0) is 45.3 Å². The molecule has 0 atom stereocenters. The fourth-order valence-electron chi connectivity index (χ4n) is 2.35. The molecule has 8 heteroatoms. The number of hydrogen-bond donors (Lipinski definition) is 2. The summed E-state index contributed by atoms with van der Waals surface area (Å²) in [6.07, 6.45) is 1.78. The molecule has 2 rings (SSSR count). The molecule has 25 heavy (non-hydrogen) atoms. The van der Waals surface area contributed by atoms with Crippen molar-refractivity contribution in [3.8, 4) is 0 Å². The van der Waals surface area contributed by atoms with Gasteiger partial charge in [-0.15, -0.1) is 0 Å². The molecule has 1 fully saturated rings. The number of nitrogens with two attached hydrogens (primary N) is 1. The Morgan fingerprint density at radius 1 is 1.20 bits per heavy atom. The Bertz CT molecular complexity index is 681. The molecule has 0 radical (unpaired) electrons. The van der Waals surface area contributed by atoms with Crippen molar-refractivity contribution in [3.05, 3.63) is 33.2 Å². The monoisotopic (exact) mass is 384 g/mol. The van der Waals surface area contributed by atoms with E-state index >= 15 is 0 Å². The maximum Gasteiger partial charge on any atom is 0.492 e. The Morgan fingerprint density at radius 3 is 2.12 bits per heavy atom. The van der Waals surface area contributed by atoms with Gasteiger partial charge in [0.25, 0.3) is 0 Å². The van der Waals surface area contributed by atoms with Gasteiger partial charge in [0.05, 0.1) is 21.2 Å². The van der Waals surface area contributed by atoms with Crippen molar-refractivity contribution in [2.75, 3.05) is 12.3 Å². The van der Waals surface area contributed by atoms with Crippen LogP contribution in [-0.2, 0) is 14.1 Å². The Hall–Kier alpha value is -1.21. The Kier molecular flexibility index (Phi) is 5.79. The molecule has 0 aromatic heterocycles. The fraction of sp³-hybridized carbons (Fsp3) is 0.471. The zero-order valence-corrected chi connectivity index (χ0v) is 16.6. The second kappa shape index (κ2) is 7.19. The van der Waals surface area contributed by atoms with Crippen molar-refractivity contribution >= 4 is 48.0 Å². The molecule has 0 bridgehead atoms. The lowest BCUT2D eigenvalue weighted by atomic mass is 9.77. The van der Waals surface area contributed by atoms with Crippen LogP contribution in [0.3, 0.4) is 0 Å². The molecule has 1 heterocycles. The quantitative estimate of drug-likeness (QED) is 0.612. The maximum atomic E-state index is 11.4. The summed E-state index contributed by atoms with van der Waals surface area (Å²) in [5.74, 6) is -0.156. The molecule has 0 unspecified atom stereocenters. The summed E-state index contributed by atoms with van der Waals surface area (Å²) < 4.78 is 12.2. The molecular formula is C17H23BCl2N2O3. The zero-order chi connectivity index (χ0) is 19.0. The van der Waals surface area contributed by atoms with Crippen LogP contribution in [0.5, 0.6) is 0 Å². The van der Waals surface area contributed by atoms with E-state index < -0.39 is 18.3 Å². The highest BCUT2D eigenvalue weighted by Gasteiger charge is 2.52. The van der Waals surface area contributed by atoms with E-state index in [0.29, 0.717) is 26.8 Å². The van der Waals surface area contributed by atoms with Crippen molar-refractivity contribution in [2.24, 2.45) is 0 Å². The molecule has 1 aliphatic rings. The second-order valence-electron chi connectivity index (χ2n) is 7.12. The van der Waals surface area contributed by atoms with Gasteiger partial charge in [0, 0.05) is 24.7 Å². The van der Waals surface area contributed by atoms with Crippen molar-refractivity contribution in [1.82, 2.24) is 5.32 Å². The minimum atomic E-state index is -0.624. The molecule has 5 nitrogen and oxygen atoms in total. The normalized spacial score (nSPS) is 19.2. The van der Waals surface area contributed by atoms with Gasteiger partial charge in [0.15, 0.2) is 0 Å². The fourth-order valence-corrected chi connectivity index (χ4v) is 2.96. The number of carbonyl (C=O) groups excluding carboxylic acids is 1. The first kappa shape index (κ1) is 20.1.